The van der Waals surface area contributed by atoms with Crippen LogP contribution in [0.2, 0.25) is 5.28 Å². The Balaban J connectivity index is 2.59. The SMILES string of the molecule is CCCNc1nc(Cl)nc(NCC(=O)NCC)n1. The van der Waals surface area contributed by atoms with Gasteiger partial charge in [-0.15, -0.1) is 0 Å². The number of hydrogen-bond donors (Lipinski definition) is 3. The molecule has 0 aliphatic rings. The van der Waals surface area contributed by atoms with E-state index in [0.29, 0.717) is 12.5 Å². The zero-order valence-electron chi connectivity index (χ0n) is 10.5. The van der Waals surface area contributed by atoms with Gasteiger partial charge in [0.1, 0.15) is 0 Å². The number of aromatic nitrogens is 3. The second kappa shape index (κ2) is 7.65. The van der Waals surface area contributed by atoms with Crippen LogP contribution in [0.25, 0.3) is 0 Å². The van der Waals surface area contributed by atoms with Crippen molar-refractivity contribution in [3.63, 3.8) is 0 Å². The summed E-state index contributed by atoms with van der Waals surface area (Å²) < 4.78 is 0. The molecule has 3 N–H and O–H groups in total. The Hall–Kier alpha value is -1.63. The molecule has 8 heteroatoms. The summed E-state index contributed by atoms with van der Waals surface area (Å²) in [6.07, 6.45) is 0.949. The van der Waals surface area contributed by atoms with Crippen molar-refractivity contribution in [2.75, 3.05) is 30.3 Å². The molecule has 0 spiro atoms. The fourth-order valence-electron chi connectivity index (χ4n) is 1.16. The highest BCUT2D eigenvalue weighted by molar-refractivity contribution is 6.28. The number of carbonyl (C=O) groups excluding carboxylic acids is 1. The van der Waals surface area contributed by atoms with Gasteiger partial charge in [-0.1, -0.05) is 6.92 Å². The molecule has 0 aromatic carbocycles. The quantitative estimate of drug-likeness (QED) is 0.683. The van der Waals surface area contributed by atoms with Crippen LogP contribution in [0.4, 0.5) is 11.9 Å². The minimum atomic E-state index is -0.128. The summed E-state index contributed by atoms with van der Waals surface area (Å²) in [7, 11) is 0. The summed E-state index contributed by atoms with van der Waals surface area (Å²) in [5.74, 6) is 0.548. The molecule has 0 saturated heterocycles. The summed E-state index contributed by atoms with van der Waals surface area (Å²) in [6.45, 7) is 5.31. The molecule has 1 amide bonds. The summed E-state index contributed by atoms with van der Waals surface area (Å²) >= 11 is 5.76. The van der Waals surface area contributed by atoms with Gasteiger partial charge in [0.25, 0.3) is 0 Å². The molecule has 0 radical (unpaired) electrons. The Kier molecular flexibility index (Phi) is 6.13. The lowest BCUT2D eigenvalue weighted by atomic mass is 10.5. The van der Waals surface area contributed by atoms with Crippen LogP contribution < -0.4 is 16.0 Å². The van der Waals surface area contributed by atoms with Gasteiger partial charge in [0.15, 0.2) is 0 Å². The number of nitrogens with one attached hydrogen (secondary N) is 3. The summed E-state index contributed by atoms with van der Waals surface area (Å²) in [6, 6.07) is 0. The van der Waals surface area contributed by atoms with Crippen molar-refractivity contribution in [1.82, 2.24) is 20.3 Å². The van der Waals surface area contributed by atoms with Crippen molar-refractivity contribution >= 4 is 29.4 Å². The van der Waals surface area contributed by atoms with E-state index in [4.69, 9.17) is 11.6 Å². The molecule has 100 valence electrons. The van der Waals surface area contributed by atoms with Crippen molar-refractivity contribution in [1.29, 1.82) is 0 Å². The minimum absolute atomic E-state index is 0.0852. The van der Waals surface area contributed by atoms with E-state index < -0.39 is 0 Å². The number of nitrogens with zero attached hydrogens (tertiary/aromatic N) is 3. The predicted octanol–water partition coefficient (Wildman–Crippen LogP) is 0.895. The van der Waals surface area contributed by atoms with Crippen LogP contribution in [0.3, 0.4) is 0 Å². The van der Waals surface area contributed by atoms with Crippen LogP contribution >= 0.6 is 11.6 Å². The first-order valence-corrected chi connectivity index (χ1v) is 6.19. The highest BCUT2D eigenvalue weighted by Gasteiger charge is 2.06. The summed E-state index contributed by atoms with van der Waals surface area (Å²) in [5.41, 5.74) is 0. The maximum Gasteiger partial charge on any atom is 0.239 e. The maximum absolute atomic E-state index is 11.3. The Morgan fingerprint density at radius 1 is 1.17 bits per heavy atom. The van der Waals surface area contributed by atoms with Gasteiger partial charge < -0.3 is 16.0 Å². The zero-order chi connectivity index (χ0) is 13.4. The number of halogens is 1. The van der Waals surface area contributed by atoms with Crippen molar-refractivity contribution in [3.8, 4) is 0 Å². The van der Waals surface area contributed by atoms with Gasteiger partial charge in [0.2, 0.25) is 23.1 Å². The number of hydrogen-bond acceptors (Lipinski definition) is 6. The molecule has 0 unspecified atom stereocenters. The molecule has 0 fully saturated rings. The van der Waals surface area contributed by atoms with Crippen LogP contribution in [-0.2, 0) is 4.79 Å². The lowest BCUT2D eigenvalue weighted by molar-refractivity contribution is -0.119. The van der Waals surface area contributed by atoms with Gasteiger partial charge in [-0.05, 0) is 24.9 Å². The molecular weight excluding hydrogens is 256 g/mol. The zero-order valence-corrected chi connectivity index (χ0v) is 11.2. The highest BCUT2D eigenvalue weighted by atomic mass is 35.5. The topological polar surface area (TPSA) is 91.8 Å². The van der Waals surface area contributed by atoms with Crippen molar-refractivity contribution in [3.05, 3.63) is 5.28 Å². The standard InChI is InChI=1S/C10H17ClN6O/c1-3-5-13-9-15-8(11)16-10(17-9)14-6-7(18)12-4-2/h3-6H2,1-2H3,(H,12,18)(H2,13,14,15,16,17). The summed E-state index contributed by atoms with van der Waals surface area (Å²) in [4.78, 5) is 23.2. The second-order valence-corrected chi connectivity index (χ2v) is 3.82. The van der Waals surface area contributed by atoms with Crippen LogP contribution in [0, 0.1) is 0 Å². The number of carbonyl (C=O) groups is 1. The van der Waals surface area contributed by atoms with Crippen molar-refractivity contribution in [2.45, 2.75) is 20.3 Å². The lowest BCUT2D eigenvalue weighted by Gasteiger charge is -2.07. The average molecular weight is 273 g/mol. The average Bonchev–Trinajstić information content (AvgIpc) is 2.34. The first-order chi connectivity index (χ1) is 8.65. The molecule has 1 heterocycles. The molecule has 18 heavy (non-hydrogen) atoms. The fourth-order valence-corrected chi connectivity index (χ4v) is 1.32. The van der Waals surface area contributed by atoms with E-state index in [0.717, 1.165) is 13.0 Å². The van der Waals surface area contributed by atoms with Crippen LogP contribution in [-0.4, -0.2) is 40.5 Å². The van der Waals surface area contributed by atoms with Crippen molar-refractivity contribution < 1.29 is 4.79 Å². The fraction of sp³-hybridized carbons (Fsp3) is 0.600. The van der Waals surface area contributed by atoms with Gasteiger partial charge >= 0.3 is 0 Å². The van der Waals surface area contributed by atoms with Gasteiger partial charge in [0, 0.05) is 13.1 Å². The van der Waals surface area contributed by atoms with E-state index in [9.17, 15) is 4.79 Å². The van der Waals surface area contributed by atoms with Crippen molar-refractivity contribution in [2.24, 2.45) is 0 Å². The van der Waals surface area contributed by atoms with Crippen LogP contribution in [0.5, 0.6) is 0 Å². The molecular formula is C10H17ClN6O. The highest BCUT2D eigenvalue weighted by Crippen LogP contribution is 2.09. The molecule has 7 nitrogen and oxygen atoms in total. The van der Waals surface area contributed by atoms with Gasteiger partial charge in [-0.2, -0.15) is 15.0 Å². The monoisotopic (exact) mass is 272 g/mol. The molecule has 0 aliphatic carbocycles. The first-order valence-electron chi connectivity index (χ1n) is 5.81. The molecule has 1 aromatic heterocycles. The Morgan fingerprint density at radius 3 is 2.44 bits per heavy atom. The minimum Gasteiger partial charge on any atom is -0.355 e. The van der Waals surface area contributed by atoms with E-state index in [2.05, 4.69) is 30.9 Å². The van der Waals surface area contributed by atoms with Gasteiger partial charge in [0.05, 0.1) is 6.54 Å². The van der Waals surface area contributed by atoms with E-state index >= 15 is 0 Å². The molecule has 0 bridgehead atoms. The third kappa shape index (κ3) is 5.13. The van der Waals surface area contributed by atoms with Gasteiger partial charge in [-0.25, -0.2) is 0 Å². The largest absolute Gasteiger partial charge is 0.355 e. The third-order valence-corrected chi connectivity index (χ3v) is 2.09. The molecule has 1 rings (SSSR count). The van der Waals surface area contributed by atoms with E-state index in [-0.39, 0.29) is 23.7 Å². The first kappa shape index (κ1) is 14.4. The Labute approximate surface area is 111 Å². The number of amides is 1. The lowest BCUT2D eigenvalue weighted by Crippen LogP contribution is -2.30. The normalized spacial score (nSPS) is 9.94. The number of likely N-dealkylation sites (N-methyl/N-ethyl adjacent to an activating group) is 1. The molecule has 0 saturated carbocycles. The maximum atomic E-state index is 11.3. The van der Waals surface area contributed by atoms with Gasteiger partial charge in [-0.3, -0.25) is 4.79 Å². The van der Waals surface area contributed by atoms with Crippen LogP contribution in [0.15, 0.2) is 0 Å². The van der Waals surface area contributed by atoms with E-state index in [1.165, 1.54) is 0 Å². The van der Waals surface area contributed by atoms with E-state index in [1.807, 2.05) is 13.8 Å². The predicted molar refractivity (Wildman–Crippen MR) is 70.8 cm³/mol. The molecule has 0 aliphatic heterocycles. The number of anilines is 2. The Morgan fingerprint density at radius 2 is 1.83 bits per heavy atom. The van der Waals surface area contributed by atoms with E-state index in [1.54, 1.807) is 0 Å². The Bertz CT molecular complexity index is 400. The number of rotatable bonds is 7. The summed E-state index contributed by atoms with van der Waals surface area (Å²) in [5, 5.41) is 8.53. The molecule has 0 atom stereocenters. The second-order valence-electron chi connectivity index (χ2n) is 3.49. The van der Waals surface area contributed by atoms with Crippen LogP contribution in [0.1, 0.15) is 20.3 Å². The molecule has 1 aromatic rings. The smallest absolute Gasteiger partial charge is 0.239 e. The third-order valence-electron chi connectivity index (χ3n) is 1.92.